The minimum Gasteiger partial charge on any atom is -0.462 e. The molecule has 0 unspecified atom stereocenters. The lowest BCUT2D eigenvalue weighted by atomic mass is 9.97. The monoisotopic (exact) mass is 400 g/mol. The molecule has 0 aliphatic rings. The van der Waals surface area contributed by atoms with Crippen LogP contribution in [0.25, 0.3) is 55.0 Å². The Balaban J connectivity index is 1.52. The Morgan fingerprint density at radius 3 is 2.48 bits per heavy atom. The van der Waals surface area contributed by atoms with Gasteiger partial charge in [-0.3, -0.25) is 9.97 Å². The number of nitrogens with zero attached hydrogens (tertiary/aromatic N) is 2. The molecule has 31 heavy (non-hydrogen) atoms. The summed E-state index contributed by atoms with van der Waals surface area (Å²) < 4.78 is 5.71. The second-order valence-corrected chi connectivity index (χ2v) is 8.13. The number of rotatable bonds is 2. The first-order valence-electron chi connectivity index (χ1n) is 10.4. The van der Waals surface area contributed by atoms with E-state index in [1.54, 1.807) is 6.26 Å². The molecule has 148 valence electrons. The molecule has 0 spiro atoms. The van der Waals surface area contributed by atoms with Gasteiger partial charge >= 0.3 is 0 Å². The first-order chi connectivity index (χ1) is 15.2. The van der Waals surface area contributed by atoms with E-state index in [9.17, 15) is 0 Å². The smallest absolute Gasteiger partial charge is 0.160 e. The molecule has 0 fully saturated rings. The summed E-state index contributed by atoms with van der Waals surface area (Å²) in [5, 5.41) is 4.59. The first-order valence-corrected chi connectivity index (χ1v) is 10.4. The lowest BCUT2D eigenvalue weighted by Crippen LogP contribution is -1.90. The number of hydrogen-bond acceptors (Lipinski definition) is 3. The van der Waals surface area contributed by atoms with Crippen molar-refractivity contribution in [1.82, 2.24) is 9.97 Å². The number of pyridine rings is 2. The Morgan fingerprint density at radius 2 is 1.61 bits per heavy atom. The van der Waals surface area contributed by atoms with Crippen LogP contribution in [0.4, 0.5) is 0 Å². The van der Waals surface area contributed by atoms with Crippen LogP contribution in [0, 0.1) is 13.8 Å². The Morgan fingerprint density at radius 1 is 0.677 bits per heavy atom. The Hall–Kier alpha value is -3.98. The summed E-state index contributed by atoms with van der Waals surface area (Å²) in [6, 6.07) is 23.6. The fraction of sp³-hybridized carbons (Fsp3) is 0.0714. The van der Waals surface area contributed by atoms with E-state index in [1.165, 1.54) is 21.9 Å². The summed E-state index contributed by atoms with van der Waals surface area (Å²) in [6.45, 7) is 4.18. The molecular formula is C28H20N2O. The lowest BCUT2D eigenvalue weighted by molar-refractivity contribution is 0.618. The zero-order valence-corrected chi connectivity index (χ0v) is 17.4. The molecule has 6 aromatic rings. The van der Waals surface area contributed by atoms with Crippen molar-refractivity contribution in [2.75, 3.05) is 0 Å². The van der Waals surface area contributed by atoms with Crippen molar-refractivity contribution in [2.24, 2.45) is 0 Å². The van der Waals surface area contributed by atoms with Gasteiger partial charge in [0.2, 0.25) is 0 Å². The number of fused-ring (bicyclic) bond motifs is 4. The maximum absolute atomic E-state index is 5.71. The third kappa shape index (κ3) is 2.89. The molecule has 0 saturated carbocycles. The van der Waals surface area contributed by atoms with Crippen LogP contribution in [0.1, 0.15) is 11.1 Å². The standard InChI is InChI=1S/C28H20N2O/c1-17-6-8-23-19(12-17)4-3-5-22(23)21-7-9-26(29-16-21)24-14-20-10-11-31-28(20)27-25(24)13-18(2)15-30-27/h3-16H,1-2H3. The predicted octanol–water partition coefficient (Wildman–Crippen LogP) is 7.48. The molecule has 0 radical (unpaired) electrons. The van der Waals surface area contributed by atoms with Gasteiger partial charge in [0.25, 0.3) is 0 Å². The van der Waals surface area contributed by atoms with Gasteiger partial charge in [-0.15, -0.1) is 0 Å². The van der Waals surface area contributed by atoms with Crippen molar-refractivity contribution in [3.05, 3.63) is 96.5 Å². The molecule has 3 aromatic carbocycles. The molecule has 0 saturated heterocycles. The van der Waals surface area contributed by atoms with Crippen LogP contribution >= 0.6 is 0 Å². The van der Waals surface area contributed by atoms with Crippen LogP contribution in [0.2, 0.25) is 0 Å². The Bertz CT molecular complexity index is 1590. The minimum atomic E-state index is 0.821. The topological polar surface area (TPSA) is 38.9 Å². The van der Waals surface area contributed by atoms with Gasteiger partial charge in [-0.25, -0.2) is 0 Å². The van der Waals surface area contributed by atoms with Gasteiger partial charge in [0.15, 0.2) is 5.58 Å². The van der Waals surface area contributed by atoms with Crippen LogP contribution in [0.15, 0.2) is 89.8 Å². The molecule has 0 bridgehead atoms. The van der Waals surface area contributed by atoms with Crippen LogP contribution < -0.4 is 0 Å². The summed E-state index contributed by atoms with van der Waals surface area (Å²) in [6.07, 6.45) is 5.57. The van der Waals surface area contributed by atoms with Crippen LogP contribution in [-0.4, -0.2) is 9.97 Å². The Labute approximate surface area is 180 Å². The van der Waals surface area contributed by atoms with Gasteiger partial charge in [0.1, 0.15) is 5.52 Å². The summed E-state index contributed by atoms with van der Waals surface area (Å²) in [7, 11) is 0. The van der Waals surface area contributed by atoms with Crippen molar-refractivity contribution >= 4 is 32.6 Å². The molecule has 0 N–H and O–H groups in total. The fourth-order valence-electron chi connectivity index (χ4n) is 4.39. The van der Waals surface area contributed by atoms with E-state index < -0.39 is 0 Å². The normalized spacial score (nSPS) is 11.5. The van der Waals surface area contributed by atoms with Crippen molar-refractivity contribution < 1.29 is 4.42 Å². The number of benzene rings is 3. The second-order valence-electron chi connectivity index (χ2n) is 8.13. The van der Waals surface area contributed by atoms with Gasteiger partial charge in [0.05, 0.1) is 12.0 Å². The molecule has 6 rings (SSSR count). The van der Waals surface area contributed by atoms with E-state index in [1.807, 2.05) is 18.5 Å². The molecule has 0 atom stereocenters. The number of furan rings is 1. The number of aryl methyl sites for hydroxylation is 2. The van der Waals surface area contributed by atoms with E-state index in [2.05, 4.69) is 79.5 Å². The van der Waals surface area contributed by atoms with Crippen LogP contribution in [0.5, 0.6) is 0 Å². The number of hydrogen-bond donors (Lipinski definition) is 0. The summed E-state index contributed by atoms with van der Waals surface area (Å²) >= 11 is 0. The van der Waals surface area contributed by atoms with Crippen molar-refractivity contribution in [3.63, 3.8) is 0 Å². The highest BCUT2D eigenvalue weighted by Crippen LogP contribution is 2.35. The summed E-state index contributed by atoms with van der Waals surface area (Å²) in [5.41, 5.74) is 8.39. The largest absolute Gasteiger partial charge is 0.462 e. The maximum atomic E-state index is 5.71. The van der Waals surface area contributed by atoms with E-state index in [-0.39, 0.29) is 0 Å². The molecule has 0 aliphatic heterocycles. The molecule has 3 heterocycles. The predicted molar refractivity (Wildman–Crippen MR) is 127 cm³/mol. The third-order valence-electron chi connectivity index (χ3n) is 5.91. The maximum Gasteiger partial charge on any atom is 0.160 e. The van der Waals surface area contributed by atoms with Crippen molar-refractivity contribution in [2.45, 2.75) is 13.8 Å². The van der Waals surface area contributed by atoms with Crippen LogP contribution in [-0.2, 0) is 0 Å². The van der Waals surface area contributed by atoms with E-state index in [0.717, 1.165) is 44.3 Å². The molecule has 3 heteroatoms. The second kappa shape index (κ2) is 6.78. The fourth-order valence-corrected chi connectivity index (χ4v) is 4.39. The van der Waals surface area contributed by atoms with Gasteiger partial charge < -0.3 is 4.42 Å². The van der Waals surface area contributed by atoms with Crippen LogP contribution in [0.3, 0.4) is 0 Å². The summed E-state index contributed by atoms with van der Waals surface area (Å²) in [4.78, 5) is 9.51. The number of aromatic nitrogens is 2. The molecule has 3 aromatic heterocycles. The zero-order chi connectivity index (χ0) is 20.9. The first kappa shape index (κ1) is 17.8. The lowest BCUT2D eigenvalue weighted by Gasteiger charge is -2.10. The van der Waals surface area contributed by atoms with Crippen molar-refractivity contribution in [3.8, 4) is 22.4 Å². The average molecular weight is 400 g/mol. The van der Waals surface area contributed by atoms with Gasteiger partial charge in [-0.2, -0.15) is 0 Å². The van der Waals surface area contributed by atoms with Gasteiger partial charge in [-0.1, -0.05) is 48.0 Å². The Kier molecular flexibility index (Phi) is 3.90. The molecule has 0 aliphatic carbocycles. The minimum absolute atomic E-state index is 0.821. The van der Waals surface area contributed by atoms with Gasteiger partial charge in [0, 0.05) is 34.3 Å². The summed E-state index contributed by atoms with van der Waals surface area (Å²) in [5.74, 6) is 0. The molecule has 0 amide bonds. The molecular weight excluding hydrogens is 380 g/mol. The van der Waals surface area contributed by atoms with Crippen molar-refractivity contribution in [1.29, 1.82) is 0 Å². The average Bonchev–Trinajstić information content (AvgIpc) is 3.27. The quantitative estimate of drug-likeness (QED) is 0.302. The van der Waals surface area contributed by atoms with E-state index >= 15 is 0 Å². The molecule has 3 nitrogen and oxygen atoms in total. The zero-order valence-electron chi connectivity index (χ0n) is 17.4. The highest BCUT2D eigenvalue weighted by Gasteiger charge is 2.13. The van der Waals surface area contributed by atoms with Gasteiger partial charge in [-0.05, 0) is 60.0 Å². The van der Waals surface area contributed by atoms with E-state index in [4.69, 9.17) is 9.40 Å². The third-order valence-corrected chi connectivity index (χ3v) is 5.91. The SMILES string of the molecule is Cc1ccc2c(-c3ccc(-c4cc5ccoc5c5ncc(C)cc45)nc3)cccc2c1. The van der Waals surface area contributed by atoms with E-state index in [0.29, 0.717) is 0 Å². The highest BCUT2D eigenvalue weighted by molar-refractivity contribution is 6.09. The highest BCUT2D eigenvalue weighted by atomic mass is 16.3.